The van der Waals surface area contributed by atoms with Gasteiger partial charge in [0.25, 0.3) is 5.91 Å². The van der Waals surface area contributed by atoms with Crippen LogP contribution in [0.1, 0.15) is 33.3 Å². The topological polar surface area (TPSA) is 117 Å². The molecule has 5 rings (SSSR count). The van der Waals surface area contributed by atoms with Crippen LogP contribution in [-0.4, -0.2) is 67.5 Å². The highest BCUT2D eigenvalue weighted by atomic mass is 35.5. The standard InChI is InChI=1S/C32H33ClN4O7/c1-21-4-5-22(2)37(21)25-6-8-26(9-7-25)42-19-27-10-11-28(44-27)32(39)35-34-18-23-16-24(33)17-29(40-3)31(23)43-20-30(38)36-12-14-41-15-13-36/h4-11,16-18H,12-15,19-20H2,1-3H3,(H,35,39). The maximum absolute atomic E-state index is 12.7. The number of carbonyl (C=O) groups excluding carboxylic acids is 2. The fraction of sp³-hybridized carbons (Fsp3) is 0.281. The predicted octanol–water partition coefficient (Wildman–Crippen LogP) is 4.93. The van der Waals surface area contributed by atoms with Gasteiger partial charge >= 0.3 is 5.91 Å². The highest BCUT2D eigenvalue weighted by Gasteiger charge is 2.20. The predicted molar refractivity (Wildman–Crippen MR) is 164 cm³/mol. The van der Waals surface area contributed by atoms with Crippen molar-refractivity contribution in [2.75, 3.05) is 40.0 Å². The molecule has 0 saturated carbocycles. The zero-order valence-corrected chi connectivity index (χ0v) is 25.4. The Kier molecular flexibility index (Phi) is 9.88. The van der Waals surface area contributed by atoms with Crippen LogP contribution in [0.2, 0.25) is 5.02 Å². The lowest BCUT2D eigenvalue weighted by molar-refractivity contribution is -0.137. The first-order chi connectivity index (χ1) is 21.3. The van der Waals surface area contributed by atoms with Gasteiger partial charge < -0.3 is 32.8 Å². The molecule has 230 valence electrons. The molecule has 0 atom stereocenters. The zero-order valence-electron chi connectivity index (χ0n) is 24.7. The normalized spacial score (nSPS) is 13.2. The highest BCUT2D eigenvalue weighted by molar-refractivity contribution is 6.31. The molecule has 2 aromatic carbocycles. The van der Waals surface area contributed by atoms with Gasteiger partial charge in [-0.25, -0.2) is 5.43 Å². The number of nitrogens with zero attached hydrogens (tertiary/aromatic N) is 3. The Balaban J connectivity index is 1.17. The average Bonchev–Trinajstić information content (AvgIpc) is 3.65. The Morgan fingerprint density at radius 2 is 1.73 bits per heavy atom. The van der Waals surface area contributed by atoms with Crippen LogP contribution < -0.4 is 19.6 Å². The quantitative estimate of drug-likeness (QED) is 0.187. The number of rotatable bonds is 11. The molecule has 3 heterocycles. The van der Waals surface area contributed by atoms with Crippen molar-refractivity contribution in [3.05, 3.63) is 94.2 Å². The molecule has 0 unspecified atom stereocenters. The third kappa shape index (κ3) is 7.42. The van der Waals surface area contributed by atoms with E-state index in [1.807, 2.05) is 24.3 Å². The Hall–Kier alpha value is -4.74. The zero-order chi connectivity index (χ0) is 31.1. The molecule has 1 saturated heterocycles. The number of hydrogen-bond donors (Lipinski definition) is 1. The van der Waals surface area contributed by atoms with Crippen LogP contribution in [0.3, 0.4) is 0 Å². The Morgan fingerprint density at radius 1 is 1.00 bits per heavy atom. The van der Waals surface area contributed by atoms with Crippen molar-refractivity contribution in [3.63, 3.8) is 0 Å². The fourth-order valence-corrected chi connectivity index (χ4v) is 4.96. The van der Waals surface area contributed by atoms with E-state index in [2.05, 4.69) is 41.1 Å². The van der Waals surface area contributed by atoms with E-state index in [1.54, 1.807) is 29.2 Å². The number of ether oxygens (including phenoxy) is 4. The number of halogens is 1. The number of amides is 2. The first-order valence-electron chi connectivity index (χ1n) is 14.0. The minimum atomic E-state index is -0.562. The number of furan rings is 1. The van der Waals surface area contributed by atoms with Gasteiger partial charge in [-0.15, -0.1) is 0 Å². The van der Waals surface area contributed by atoms with Crippen LogP contribution in [0.15, 0.2) is 70.2 Å². The lowest BCUT2D eigenvalue weighted by Crippen LogP contribution is -2.43. The largest absolute Gasteiger partial charge is 0.493 e. The molecule has 0 aliphatic carbocycles. The van der Waals surface area contributed by atoms with Crippen LogP contribution in [0.4, 0.5) is 0 Å². The molecule has 0 spiro atoms. The van der Waals surface area contributed by atoms with Crippen LogP contribution in [0.25, 0.3) is 5.69 Å². The summed E-state index contributed by atoms with van der Waals surface area (Å²) in [5, 5.41) is 4.40. The van der Waals surface area contributed by atoms with Crippen molar-refractivity contribution >= 4 is 29.6 Å². The van der Waals surface area contributed by atoms with Gasteiger partial charge in [-0.3, -0.25) is 9.59 Å². The second-order valence-electron chi connectivity index (χ2n) is 10.0. The fourth-order valence-electron chi connectivity index (χ4n) is 4.74. The van der Waals surface area contributed by atoms with Crippen molar-refractivity contribution in [2.45, 2.75) is 20.5 Å². The van der Waals surface area contributed by atoms with Crippen LogP contribution in [0, 0.1) is 13.8 Å². The molecular formula is C32H33ClN4O7. The summed E-state index contributed by atoms with van der Waals surface area (Å²) in [6, 6.07) is 18.3. The molecule has 2 amide bonds. The monoisotopic (exact) mass is 620 g/mol. The molecule has 0 bridgehead atoms. The summed E-state index contributed by atoms with van der Waals surface area (Å²) in [7, 11) is 1.46. The van der Waals surface area contributed by atoms with Gasteiger partial charge in [-0.2, -0.15) is 5.10 Å². The number of nitrogens with one attached hydrogen (secondary N) is 1. The SMILES string of the molecule is COc1cc(Cl)cc(C=NNC(=O)c2ccc(COc3ccc(-n4c(C)ccc4C)cc3)o2)c1OCC(=O)N1CCOCC1. The average molecular weight is 621 g/mol. The lowest BCUT2D eigenvalue weighted by Gasteiger charge is -2.27. The molecule has 44 heavy (non-hydrogen) atoms. The van der Waals surface area contributed by atoms with Gasteiger partial charge in [-0.1, -0.05) is 11.6 Å². The van der Waals surface area contributed by atoms with E-state index in [1.165, 1.54) is 13.3 Å². The van der Waals surface area contributed by atoms with E-state index < -0.39 is 5.91 Å². The molecule has 1 fully saturated rings. The summed E-state index contributed by atoms with van der Waals surface area (Å²) in [4.78, 5) is 26.9. The van der Waals surface area contributed by atoms with Gasteiger partial charge in [0.15, 0.2) is 23.9 Å². The molecule has 12 heteroatoms. The summed E-state index contributed by atoms with van der Waals surface area (Å²) in [5.74, 6) is 1.05. The smallest absolute Gasteiger partial charge is 0.307 e. The van der Waals surface area contributed by atoms with Gasteiger partial charge in [0.2, 0.25) is 0 Å². The number of aromatic nitrogens is 1. The number of aryl methyl sites for hydroxylation is 2. The summed E-state index contributed by atoms with van der Waals surface area (Å²) in [5.41, 5.74) is 6.19. The van der Waals surface area contributed by atoms with Crippen molar-refractivity contribution in [3.8, 4) is 22.9 Å². The van der Waals surface area contributed by atoms with E-state index in [0.717, 1.165) is 17.1 Å². The van der Waals surface area contributed by atoms with E-state index in [0.29, 0.717) is 54.1 Å². The molecule has 2 aromatic heterocycles. The lowest BCUT2D eigenvalue weighted by atomic mass is 10.2. The van der Waals surface area contributed by atoms with E-state index >= 15 is 0 Å². The van der Waals surface area contributed by atoms with Crippen LogP contribution >= 0.6 is 11.6 Å². The number of benzene rings is 2. The number of hydrazone groups is 1. The summed E-state index contributed by atoms with van der Waals surface area (Å²) >= 11 is 6.24. The Morgan fingerprint density at radius 3 is 2.43 bits per heavy atom. The van der Waals surface area contributed by atoms with Crippen LogP contribution in [-0.2, 0) is 16.1 Å². The molecular weight excluding hydrogens is 588 g/mol. The number of morpholine rings is 1. The first kappa shape index (κ1) is 30.7. The molecule has 0 radical (unpaired) electrons. The third-order valence-electron chi connectivity index (χ3n) is 6.97. The summed E-state index contributed by atoms with van der Waals surface area (Å²) in [6.45, 7) is 6.03. The Labute approximate surface area is 259 Å². The third-order valence-corrected chi connectivity index (χ3v) is 7.19. The first-order valence-corrected chi connectivity index (χ1v) is 14.4. The number of carbonyl (C=O) groups is 2. The van der Waals surface area contributed by atoms with E-state index in [9.17, 15) is 9.59 Å². The van der Waals surface area contributed by atoms with E-state index in [4.69, 9.17) is 35.0 Å². The minimum Gasteiger partial charge on any atom is -0.493 e. The van der Waals surface area contributed by atoms with Crippen molar-refractivity contribution in [2.24, 2.45) is 5.10 Å². The molecule has 1 aliphatic rings. The number of hydrogen-bond acceptors (Lipinski definition) is 8. The number of methoxy groups -OCH3 is 1. The summed E-state index contributed by atoms with van der Waals surface area (Å²) in [6.07, 6.45) is 1.36. The van der Waals surface area contributed by atoms with Crippen LogP contribution in [0.5, 0.6) is 17.2 Å². The second-order valence-corrected chi connectivity index (χ2v) is 10.4. The highest BCUT2D eigenvalue weighted by Crippen LogP contribution is 2.34. The molecule has 11 nitrogen and oxygen atoms in total. The molecule has 1 aliphatic heterocycles. The second kappa shape index (κ2) is 14.2. The molecule has 1 N–H and O–H groups in total. The maximum Gasteiger partial charge on any atom is 0.307 e. The maximum atomic E-state index is 12.7. The Bertz CT molecular complexity index is 1620. The van der Waals surface area contributed by atoms with Gasteiger partial charge in [0.1, 0.15) is 18.1 Å². The summed E-state index contributed by atoms with van der Waals surface area (Å²) < 4.78 is 30.2. The van der Waals surface area contributed by atoms with Crippen molar-refractivity contribution in [1.29, 1.82) is 0 Å². The van der Waals surface area contributed by atoms with Crippen molar-refractivity contribution in [1.82, 2.24) is 14.9 Å². The molecule has 4 aromatic rings. The van der Waals surface area contributed by atoms with E-state index in [-0.39, 0.29) is 30.6 Å². The van der Waals surface area contributed by atoms with Gasteiger partial charge in [-0.05, 0) is 68.4 Å². The van der Waals surface area contributed by atoms with Crippen molar-refractivity contribution < 1.29 is 33.0 Å². The van der Waals surface area contributed by atoms with Gasteiger partial charge in [0, 0.05) is 46.8 Å². The minimum absolute atomic E-state index is 0.0610. The van der Waals surface area contributed by atoms with Gasteiger partial charge in [0.05, 0.1) is 26.5 Å².